The van der Waals surface area contributed by atoms with Crippen LogP contribution in [0.3, 0.4) is 0 Å². The molecular weight excluding hydrogens is 195 g/mol. The van der Waals surface area contributed by atoms with Gasteiger partial charge in [-0.1, -0.05) is 20.3 Å². The number of fused-ring (bicyclic) bond motifs is 5. The van der Waals surface area contributed by atoms with Gasteiger partial charge in [-0.25, -0.2) is 0 Å². The van der Waals surface area contributed by atoms with E-state index >= 15 is 0 Å². The molecule has 3 fully saturated rings. The minimum Gasteiger partial charge on any atom is -0.0683 e. The van der Waals surface area contributed by atoms with Gasteiger partial charge in [-0.3, -0.25) is 0 Å². The molecule has 4 unspecified atom stereocenters. The van der Waals surface area contributed by atoms with Crippen molar-refractivity contribution in [2.24, 2.45) is 23.7 Å². The zero-order valence-corrected chi connectivity index (χ0v) is 10.4. The molecule has 1 heteroatoms. The van der Waals surface area contributed by atoms with Crippen LogP contribution in [-0.2, 0) is 18.6 Å². The van der Waals surface area contributed by atoms with E-state index in [0.29, 0.717) is 0 Å². The Labute approximate surface area is 94.8 Å². The van der Waals surface area contributed by atoms with Gasteiger partial charge in [0.15, 0.2) is 0 Å². The molecule has 1 radical (unpaired) electrons. The van der Waals surface area contributed by atoms with E-state index in [9.17, 15) is 0 Å². The molecular formula is C12H22V. The van der Waals surface area contributed by atoms with Crippen molar-refractivity contribution in [2.45, 2.75) is 52.4 Å². The second-order valence-electron chi connectivity index (χ2n) is 4.59. The topological polar surface area (TPSA) is 0 Å². The molecule has 0 aliphatic heterocycles. The minimum absolute atomic E-state index is 0. The molecule has 0 aromatic carbocycles. The zero-order chi connectivity index (χ0) is 8.55. The van der Waals surface area contributed by atoms with Gasteiger partial charge in [0, 0.05) is 18.6 Å². The van der Waals surface area contributed by atoms with Crippen molar-refractivity contribution in [3.05, 3.63) is 0 Å². The molecule has 0 N–H and O–H groups in total. The second kappa shape index (κ2) is 4.89. The summed E-state index contributed by atoms with van der Waals surface area (Å²) in [5.41, 5.74) is 0. The van der Waals surface area contributed by atoms with Crippen LogP contribution in [0.15, 0.2) is 0 Å². The Morgan fingerprint density at radius 1 is 0.769 bits per heavy atom. The average molecular weight is 217 g/mol. The maximum absolute atomic E-state index is 2.00. The normalized spacial score (nSPS) is 44.8. The van der Waals surface area contributed by atoms with E-state index in [-0.39, 0.29) is 18.6 Å². The van der Waals surface area contributed by atoms with Crippen molar-refractivity contribution in [3.63, 3.8) is 0 Å². The first-order valence-electron chi connectivity index (χ1n) is 5.95. The van der Waals surface area contributed by atoms with E-state index in [1.807, 2.05) is 13.8 Å². The fourth-order valence-electron chi connectivity index (χ4n) is 4.02. The smallest absolute Gasteiger partial charge is 0 e. The summed E-state index contributed by atoms with van der Waals surface area (Å²) in [6, 6.07) is 0. The van der Waals surface area contributed by atoms with Gasteiger partial charge in [0.25, 0.3) is 0 Å². The number of hydrogen-bond donors (Lipinski definition) is 0. The summed E-state index contributed by atoms with van der Waals surface area (Å²) in [6.07, 6.45) is 9.53. The Balaban J connectivity index is 0.000000266. The van der Waals surface area contributed by atoms with Gasteiger partial charge >= 0.3 is 0 Å². The van der Waals surface area contributed by atoms with Crippen LogP contribution in [0.4, 0.5) is 0 Å². The zero-order valence-electron chi connectivity index (χ0n) is 9.00. The van der Waals surface area contributed by atoms with Crippen LogP contribution in [0.5, 0.6) is 0 Å². The molecule has 3 aliphatic rings. The van der Waals surface area contributed by atoms with E-state index in [0.717, 1.165) is 0 Å². The average Bonchev–Trinajstić information content (AvgIpc) is 2.81. The van der Waals surface area contributed by atoms with Gasteiger partial charge in [0.1, 0.15) is 0 Å². The first kappa shape index (κ1) is 11.7. The quantitative estimate of drug-likeness (QED) is 0.578. The molecule has 2 bridgehead atoms. The van der Waals surface area contributed by atoms with Crippen molar-refractivity contribution in [1.29, 1.82) is 0 Å². The molecule has 3 saturated carbocycles. The van der Waals surface area contributed by atoms with Gasteiger partial charge in [0.2, 0.25) is 0 Å². The predicted molar refractivity (Wildman–Crippen MR) is 53.0 cm³/mol. The van der Waals surface area contributed by atoms with E-state index in [1.54, 1.807) is 38.5 Å². The molecule has 75 valence electrons. The van der Waals surface area contributed by atoms with E-state index in [2.05, 4.69) is 0 Å². The molecule has 0 heterocycles. The number of hydrogen-bond acceptors (Lipinski definition) is 0. The third-order valence-corrected chi connectivity index (χ3v) is 4.35. The van der Waals surface area contributed by atoms with Crippen LogP contribution < -0.4 is 0 Å². The second-order valence-corrected chi connectivity index (χ2v) is 4.59. The number of rotatable bonds is 0. The molecule has 0 aromatic heterocycles. The Bertz CT molecular complexity index is 139. The Kier molecular flexibility index (Phi) is 4.38. The first-order valence-corrected chi connectivity index (χ1v) is 5.95. The van der Waals surface area contributed by atoms with Crippen molar-refractivity contribution >= 4 is 0 Å². The summed E-state index contributed by atoms with van der Waals surface area (Å²) >= 11 is 0. The predicted octanol–water partition coefficient (Wildman–Crippen LogP) is 3.86. The monoisotopic (exact) mass is 217 g/mol. The summed E-state index contributed by atoms with van der Waals surface area (Å²) in [7, 11) is 0. The fraction of sp³-hybridized carbons (Fsp3) is 1.00. The summed E-state index contributed by atoms with van der Waals surface area (Å²) in [6.45, 7) is 4.00. The molecule has 0 saturated heterocycles. The Hall–Kier alpha value is 0.584. The first-order chi connectivity index (χ1) is 5.95. The largest absolute Gasteiger partial charge is 0.0683 e. The molecule has 0 aromatic rings. The van der Waals surface area contributed by atoms with E-state index in [1.165, 1.54) is 23.7 Å². The van der Waals surface area contributed by atoms with Gasteiger partial charge in [-0.15, -0.1) is 0 Å². The van der Waals surface area contributed by atoms with Crippen molar-refractivity contribution < 1.29 is 18.6 Å². The van der Waals surface area contributed by atoms with Gasteiger partial charge in [-0.2, -0.15) is 0 Å². The van der Waals surface area contributed by atoms with Crippen LogP contribution >= 0.6 is 0 Å². The van der Waals surface area contributed by atoms with Crippen molar-refractivity contribution in [2.75, 3.05) is 0 Å². The van der Waals surface area contributed by atoms with Crippen molar-refractivity contribution in [3.8, 4) is 0 Å². The van der Waals surface area contributed by atoms with Gasteiger partial charge in [-0.05, 0) is 55.8 Å². The maximum Gasteiger partial charge on any atom is 0 e. The standard InChI is InChI=1S/C10H16.C2H6.V/c1-2-9-7-4-5-8(6-7)10(9)3-1;1-2;/h7-10H,1-6H2;1-2H3;. The van der Waals surface area contributed by atoms with Crippen LogP contribution in [0.25, 0.3) is 0 Å². The summed E-state index contributed by atoms with van der Waals surface area (Å²) < 4.78 is 0. The molecule has 3 rings (SSSR count). The summed E-state index contributed by atoms with van der Waals surface area (Å²) in [5.74, 6) is 4.80. The van der Waals surface area contributed by atoms with Crippen LogP contribution in [-0.4, -0.2) is 0 Å². The fourth-order valence-corrected chi connectivity index (χ4v) is 4.02. The molecule has 3 aliphatic carbocycles. The van der Waals surface area contributed by atoms with Gasteiger partial charge < -0.3 is 0 Å². The van der Waals surface area contributed by atoms with E-state index in [4.69, 9.17) is 0 Å². The summed E-state index contributed by atoms with van der Waals surface area (Å²) in [5, 5.41) is 0. The third-order valence-electron chi connectivity index (χ3n) is 4.35. The van der Waals surface area contributed by atoms with Crippen molar-refractivity contribution in [1.82, 2.24) is 0 Å². The molecule has 0 nitrogen and oxygen atoms in total. The minimum atomic E-state index is 0. The SMILES string of the molecule is C1CC2C3CCC(C3)C2C1.CC.[V]. The maximum atomic E-state index is 2.00. The molecule has 13 heavy (non-hydrogen) atoms. The van der Waals surface area contributed by atoms with Crippen LogP contribution in [0.1, 0.15) is 52.4 Å². The Morgan fingerprint density at radius 2 is 1.23 bits per heavy atom. The van der Waals surface area contributed by atoms with Crippen LogP contribution in [0, 0.1) is 23.7 Å². The van der Waals surface area contributed by atoms with Crippen LogP contribution in [0.2, 0.25) is 0 Å². The third kappa shape index (κ3) is 1.85. The van der Waals surface area contributed by atoms with E-state index < -0.39 is 0 Å². The van der Waals surface area contributed by atoms with Gasteiger partial charge in [0.05, 0.1) is 0 Å². The molecule has 4 atom stereocenters. The summed E-state index contributed by atoms with van der Waals surface area (Å²) in [4.78, 5) is 0. The molecule has 0 amide bonds. The Morgan fingerprint density at radius 3 is 1.69 bits per heavy atom. The molecule has 0 spiro atoms.